The van der Waals surface area contributed by atoms with Crippen molar-refractivity contribution in [3.8, 4) is 0 Å². The zero-order valence-electron chi connectivity index (χ0n) is 16.2. The molecule has 1 aliphatic heterocycles. The molecule has 4 N–H and O–H groups in total. The van der Waals surface area contributed by atoms with Crippen LogP contribution in [0.25, 0.3) is 0 Å². The fourth-order valence-electron chi connectivity index (χ4n) is 3.26. The van der Waals surface area contributed by atoms with E-state index in [9.17, 15) is 9.90 Å². The van der Waals surface area contributed by atoms with Crippen molar-refractivity contribution in [2.24, 2.45) is 0 Å². The number of aliphatic hydroxyl groups is 1. The number of nitrogens with two attached hydrogens (primary N) is 1. The summed E-state index contributed by atoms with van der Waals surface area (Å²) in [6.07, 6.45) is 4.39. The zero-order chi connectivity index (χ0) is 20.1. The van der Waals surface area contributed by atoms with E-state index in [4.69, 9.17) is 10.5 Å². The highest BCUT2D eigenvalue weighted by Gasteiger charge is 2.26. The van der Waals surface area contributed by atoms with Gasteiger partial charge in [-0.2, -0.15) is 0 Å². The SMILES string of the molecule is CCOC(=O)c1ncn(C2CCN(c3cc(NCC(C)O)ncn3)CC2)c1N. The Balaban J connectivity index is 1.62. The number of imidazole rings is 1. The minimum atomic E-state index is -0.491. The third-order valence-electron chi connectivity index (χ3n) is 4.71. The number of hydrogen-bond acceptors (Lipinski definition) is 9. The van der Waals surface area contributed by atoms with Gasteiger partial charge in [-0.1, -0.05) is 0 Å². The number of aromatic nitrogens is 4. The minimum Gasteiger partial charge on any atom is -0.461 e. The molecule has 0 spiro atoms. The summed E-state index contributed by atoms with van der Waals surface area (Å²) in [6.45, 7) is 5.78. The van der Waals surface area contributed by atoms with Crippen LogP contribution in [-0.4, -0.2) is 62.9 Å². The lowest BCUT2D eigenvalue weighted by molar-refractivity contribution is 0.0521. The summed E-state index contributed by atoms with van der Waals surface area (Å²) in [5.41, 5.74) is 6.30. The fraction of sp³-hybridized carbons (Fsp3) is 0.556. The molecule has 0 aliphatic carbocycles. The molecular weight excluding hydrogens is 362 g/mol. The molecule has 10 heteroatoms. The van der Waals surface area contributed by atoms with Gasteiger partial charge >= 0.3 is 5.97 Å². The smallest absolute Gasteiger partial charge is 0.360 e. The van der Waals surface area contributed by atoms with E-state index in [1.807, 2.05) is 10.6 Å². The Morgan fingerprint density at radius 2 is 2.14 bits per heavy atom. The first kappa shape index (κ1) is 19.9. The molecule has 1 unspecified atom stereocenters. The van der Waals surface area contributed by atoms with E-state index in [0.717, 1.165) is 31.7 Å². The topological polar surface area (TPSA) is 131 Å². The van der Waals surface area contributed by atoms with E-state index in [0.29, 0.717) is 18.2 Å². The monoisotopic (exact) mass is 389 g/mol. The van der Waals surface area contributed by atoms with Gasteiger partial charge in [-0.05, 0) is 26.7 Å². The van der Waals surface area contributed by atoms with Crippen LogP contribution in [0.4, 0.5) is 17.5 Å². The number of aliphatic hydroxyl groups excluding tert-OH is 1. The Morgan fingerprint density at radius 1 is 1.39 bits per heavy atom. The number of piperidine rings is 1. The van der Waals surface area contributed by atoms with Crippen molar-refractivity contribution in [3.63, 3.8) is 0 Å². The highest BCUT2D eigenvalue weighted by molar-refractivity contribution is 5.92. The van der Waals surface area contributed by atoms with E-state index >= 15 is 0 Å². The van der Waals surface area contributed by atoms with Gasteiger partial charge in [0.05, 0.1) is 19.0 Å². The molecule has 152 valence electrons. The van der Waals surface area contributed by atoms with Gasteiger partial charge in [0, 0.05) is 31.7 Å². The third kappa shape index (κ3) is 4.50. The quantitative estimate of drug-likeness (QED) is 0.595. The molecule has 10 nitrogen and oxygen atoms in total. The van der Waals surface area contributed by atoms with Gasteiger partial charge in [-0.3, -0.25) is 0 Å². The lowest BCUT2D eigenvalue weighted by atomic mass is 10.0. The summed E-state index contributed by atoms with van der Waals surface area (Å²) in [7, 11) is 0. The van der Waals surface area contributed by atoms with Gasteiger partial charge in [0.15, 0.2) is 5.69 Å². The highest BCUT2D eigenvalue weighted by Crippen LogP contribution is 2.29. The van der Waals surface area contributed by atoms with Crippen LogP contribution in [0.15, 0.2) is 18.7 Å². The second-order valence-corrected chi connectivity index (χ2v) is 6.82. The molecule has 3 rings (SSSR count). The zero-order valence-corrected chi connectivity index (χ0v) is 16.2. The number of nitrogens with zero attached hydrogens (tertiary/aromatic N) is 5. The predicted molar refractivity (Wildman–Crippen MR) is 105 cm³/mol. The van der Waals surface area contributed by atoms with Gasteiger partial charge in [0.2, 0.25) is 0 Å². The van der Waals surface area contributed by atoms with Gasteiger partial charge in [-0.15, -0.1) is 0 Å². The molecule has 0 bridgehead atoms. The molecule has 2 aromatic heterocycles. The van der Waals surface area contributed by atoms with Crippen molar-refractivity contribution in [3.05, 3.63) is 24.4 Å². The molecule has 0 radical (unpaired) electrons. The molecule has 1 atom stereocenters. The molecule has 1 aliphatic rings. The number of rotatable bonds is 7. The van der Waals surface area contributed by atoms with Crippen LogP contribution in [0, 0.1) is 0 Å². The summed E-state index contributed by atoms with van der Waals surface area (Å²) in [4.78, 5) is 26.8. The molecule has 2 aromatic rings. The Morgan fingerprint density at radius 3 is 2.82 bits per heavy atom. The van der Waals surface area contributed by atoms with Crippen molar-refractivity contribution in [1.82, 2.24) is 19.5 Å². The van der Waals surface area contributed by atoms with E-state index < -0.39 is 12.1 Å². The standard InChI is InChI=1S/C18H27N7O3/c1-3-28-18(27)16-17(19)25(11-23-16)13-4-6-24(7-5-13)15-8-14(21-10-22-15)20-9-12(2)26/h8,10-13,26H,3-7,9,19H2,1-2H3,(H,20,21,22). The number of esters is 1. The maximum absolute atomic E-state index is 11.9. The lowest BCUT2D eigenvalue weighted by Gasteiger charge is -2.33. The Hall–Kier alpha value is -2.88. The minimum absolute atomic E-state index is 0.168. The van der Waals surface area contributed by atoms with Crippen LogP contribution < -0.4 is 16.0 Å². The summed E-state index contributed by atoms with van der Waals surface area (Å²) < 4.78 is 6.85. The summed E-state index contributed by atoms with van der Waals surface area (Å²) in [6, 6.07) is 2.05. The summed E-state index contributed by atoms with van der Waals surface area (Å²) in [5, 5.41) is 12.5. The number of carbonyl (C=O) groups is 1. The van der Waals surface area contributed by atoms with E-state index in [2.05, 4.69) is 25.2 Å². The average Bonchev–Trinajstić information content (AvgIpc) is 3.08. The molecule has 0 amide bonds. The van der Waals surface area contributed by atoms with Crippen LogP contribution in [0.1, 0.15) is 43.2 Å². The highest BCUT2D eigenvalue weighted by atomic mass is 16.5. The number of hydrogen-bond donors (Lipinski definition) is 3. The van der Waals surface area contributed by atoms with E-state index in [1.165, 1.54) is 6.33 Å². The fourth-order valence-corrected chi connectivity index (χ4v) is 3.26. The third-order valence-corrected chi connectivity index (χ3v) is 4.71. The summed E-state index contributed by atoms with van der Waals surface area (Å²) in [5.74, 6) is 1.39. The van der Waals surface area contributed by atoms with E-state index in [-0.39, 0.29) is 18.3 Å². The van der Waals surface area contributed by atoms with Crippen molar-refractivity contribution in [2.45, 2.75) is 38.8 Å². The van der Waals surface area contributed by atoms with Crippen molar-refractivity contribution in [2.75, 3.05) is 42.2 Å². The Bertz CT molecular complexity index is 800. The second-order valence-electron chi connectivity index (χ2n) is 6.82. The molecule has 1 fully saturated rings. The van der Waals surface area contributed by atoms with Gasteiger partial charge < -0.3 is 30.4 Å². The first-order valence-electron chi connectivity index (χ1n) is 9.48. The maximum Gasteiger partial charge on any atom is 0.360 e. The van der Waals surface area contributed by atoms with Crippen LogP contribution >= 0.6 is 0 Å². The second kappa shape index (κ2) is 8.87. The lowest BCUT2D eigenvalue weighted by Crippen LogP contribution is -2.35. The first-order valence-corrected chi connectivity index (χ1v) is 9.48. The molecule has 1 saturated heterocycles. The largest absolute Gasteiger partial charge is 0.461 e. The van der Waals surface area contributed by atoms with Crippen LogP contribution in [0.2, 0.25) is 0 Å². The van der Waals surface area contributed by atoms with Gasteiger partial charge in [-0.25, -0.2) is 19.7 Å². The molecule has 0 aromatic carbocycles. The van der Waals surface area contributed by atoms with Crippen LogP contribution in [0.3, 0.4) is 0 Å². The normalized spacial score (nSPS) is 16.0. The first-order chi connectivity index (χ1) is 13.5. The van der Waals surface area contributed by atoms with Crippen molar-refractivity contribution >= 4 is 23.4 Å². The predicted octanol–water partition coefficient (Wildman–Crippen LogP) is 1.07. The van der Waals surface area contributed by atoms with Crippen molar-refractivity contribution in [1.29, 1.82) is 0 Å². The number of anilines is 3. The Kier molecular flexibility index (Phi) is 6.30. The van der Waals surface area contributed by atoms with Crippen LogP contribution in [-0.2, 0) is 4.74 Å². The van der Waals surface area contributed by atoms with Gasteiger partial charge in [0.1, 0.15) is 23.8 Å². The molecular formula is C18H27N7O3. The molecule has 3 heterocycles. The number of ether oxygens (including phenoxy) is 1. The van der Waals surface area contributed by atoms with Gasteiger partial charge in [0.25, 0.3) is 0 Å². The molecule has 28 heavy (non-hydrogen) atoms. The van der Waals surface area contributed by atoms with Crippen molar-refractivity contribution < 1.29 is 14.6 Å². The number of carbonyl (C=O) groups excluding carboxylic acids is 1. The van der Waals surface area contributed by atoms with Crippen LogP contribution in [0.5, 0.6) is 0 Å². The number of nitrogen functional groups attached to an aromatic ring is 1. The van der Waals surface area contributed by atoms with E-state index in [1.54, 1.807) is 20.2 Å². The Labute approximate surface area is 163 Å². The maximum atomic E-state index is 11.9. The molecule has 0 saturated carbocycles. The average molecular weight is 389 g/mol. The number of nitrogens with one attached hydrogen (secondary N) is 1. The summed E-state index contributed by atoms with van der Waals surface area (Å²) >= 11 is 0.